The van der Waals surface area contributed by atoms with Crippen LogP contribution in [0.15, 0.2) is 0 Å². The summed E-state index contributed by atoms with van der Waals surface area (Å²) < 4.78 is 22.6. The van der Waals surface area contributed by atoms with E-state index < -0.39 is 14.0 Å². The van der Waals surface area contributed by atoms with Crippen molar-refractivity contribution < 1.29 is 8.42 Å². The Hall–Kier alpha value is 0.240. The Bertz CT molecular complexity index is 258. The molecule has 0 N–H and O–H groups in total. The van der Waals surface area contributed by atoms with Gasteiger partial charge in [-0.2, -0.15) is 0 Å². The average Bonchev–Trinajstić information content (AvgIpc) is 2.04. The molecule has 4 heteroatoms. The van der Waals surface area contributed by atoms with Crippen LogP contribution in [0.4, 0.5) is 0 Å². The summed E-state index contributed by atoms with van der Waals surface area (Å²) in [5, 5.41) is -0.200. The Morgan fingerprint density at radius 3 is 2.00 bits per heavy atom. The minimum absolute atomic E-state index is 0.200. The maximum Gasteiger partial charge on any atom is 0.172 e. The molecule has 13 heavy (non-hydrogen) atoms. The zero-order chi connectivity index (χ0) is 10.1. The molecule has 0 saturated heterocycles. The molecular weight excluding hydrogens is 208 g/mol. The molecule has 0 amide bonds. The van der Waals surface area contributed by atoms with Crippen molar-refractivity contribution in [3.8, 4) is 0 Å². The first-order valence-electron chi connectivity index (χ1n) is 4.78. The van der Waals surface area contributed by atoms with E-state index in [1.807, 2.05) is 0 Å². The van der Waals surface area contributed by atoms with Gasteiger partial charge in [0.05, 0.1) is 5.25 Å². The van der Waals surface area contributed by atoms with Crippen molar-refractivity contribution >= 4 is 21.4 Å². The van der Waals surface area contributed by atoms with Crippen LogP contribution in [-0.2, 0) is 9.84 Å². The van der Waals surface area contributed by atoms with Crippen molar-refractivity contribution in [2.45, 2.75) is 55.4 Å². The van der Waals surface area contributed by atoms with Crippen LogP contribution in [0.5, 0.6) is 0 Å². The van der Waals surface area contributed by atoms with E-state index in [1.54, 1.807) is 13.8 Å². The molecule has 0 unspecified atom stereocenters. The molecule has 0 atom stereocenters. The van der Waals surface area contributed by atoms with Crippen molar-refractivity contribution in [3.63, 3.8) is 0 Å². The average molecular weight is 225 g/mol. The number of hydrogen-bond acceptors (Lipinski definition) is 2. The summed E-state index contributed by atoms with van der Waals surface area (Å²) >= 11 is 5.87. The number of sulfone groups is 1. The molecule has 0 spiro atoms. The predicted molar refractivity (Wildman–Crippen MR) is 55.7 cm³/mol. The fourth-order valence-corrected chi connectivity index (χ4v) is 3.90. The van der Waals surface area contributed by atoms with Crippen LogP contribution in [0.3, 0.4) is 0 Å². The van der Waals surface area contributed by atoms with Crippen LogP contribution in [-0.4, -0.2) is 17.9 Å². The molecule has 1 fully saturated rings. The molecule has 0 aromatic rings. The lowest BCUT2D eigenvalue weighted by Gasteiger charge is -2.27. The summed E-state index contributed by atoms with van der Waals surface area (Å²) in [5.74, 6) is 0. The van der Waals surface area contributed by atoms with Gasteiger partial charge in [-0.15, -0.1) is 11.6 Å². The van der Waals surface area contributed by atoms with Gasteiger partial charge < -0.3 is 0 Å². The highest BCUT2D eigenvalue weighted by atomic mass is 35.5. The largest absolute Gasteiger partial charge is 0.227 e. The standard InChI is InChI=1S/C9H17ClO2S/c1-9(2,10)13(11,12)8-6-4-3-5-7-8/h8H,3-7H2,1-2H3. The molecular formula is C9H17ClO2S. The first-order valence-corrected chi connectivity index (χ1v) is 6.70. The lowest BCUT2D eigenvalue weighted by atomic mass is 10.0. The van der Waals surface area contributed by atoms with Crippen LogP contribution in [0.1, 0.15) is 46.0 Å². The molecule has 1 rings (SSSR count). The van der Waals surface area contributed by atoms with E-state index in [9.17, 15) is 8.42 Å². The number of rotatable bonds is 2. The minimum Gasteiger partial charge on any atom is -0.227 e. The molecule has 0 heterocycles. The van der Waals surface area contributed by atoms with Gasteiger partial charge in [-0.1, -0.05) is 19.3 Å². The van der Waals surface area contributed by atoms with Crippen LogP contribution in [0.25, 0.3) is 0 Å². The Morgan fingerprint density at radius 2 is 1.62 bits per heavy atom. The molecule has 1 aliphatic carbocycles. The molecule has 2 nitrogen and oxygen atoms in total. The third-order valence-corrected chi connectivity index (χ3v) is 6.02. The van der Waals surface area contributed by atoms with Crippen molar-refractivity contribution in [1.82, 2.24) is 0 Å². The summed E-state index contributed by atoms with van der Waals surface area (Å²) in [6.45, 7) is 3.14. The van der Waals surface area contributed by atoms with E-state index in [2.05, 4.69) is 0 Å². The fraction of sp³-hybridized carbons (Fsp3) is 1.00. The highest BCUT2D eigenvalue weighted by Crippen LogP contribution is 2.33. The third kappa shape index (κ3) is 2.38. The Morgan fingerprint density at radius 1 is 1.15 bits per heavy atom. The van der Waals surface area contributed by atoms with Gasteiger partial charge in [0.1, 0.15) is 4.21 Å². The highest BCUT2D eigenvalue weighted by molar-refractivity contribution is 7.94. The Labute approximate surface area is 85.6 Å². The van der Waals surface area contributed by atoms with Crippen molar-refractivity contribution in [3.05, 3.63) is 0 Å². The van der Waals surface area contributed by atoms with Crippen LogP contribution in [0.2, 0.25) is 0 Å². The molecule has 1 saturated carbocycles. The van der Waals surface area contributed by atoms with E-state index in [4.69, 9.17) is 11.6 Å². The van der Waals surface area contributed by atoms with Crippen LogP contribution in [0, 0.1) is 0 Å². The van der Waals surface area contributed by atoms with Gasteiger partial charge in [-0.3, -0.25) is 0 Å². The number of alkyl halides is 1. The minimum atomic E-state index is -3.13. The fourth-order valence-electron chi connectivity index (χ4n) is 1.77. The van der Waals surface area contributed by atoms with Crippen molar-refractivity contribution in [2.75, 3.05) is 0 Å². The normalized spacial score (nSPS) is 21.8. The van der Waals surface area contributed by atoms with Crippen LogP contribution >= 0.6 is 11.6 Å². The molecule has 0 aromatic heterocycles. The molecule has 1 aliphatic rings. The van der Waals surface area contributed by atoms with E-state index in [1.165, 1.54) is 0 Å². The molecule has 0 aromatic carbocycles. The Balaban J connectivity index is 2.80. The van der Waals surface area contributed by atoms with Gasteiger partial charge in [0.2, 0.25) is 0 Å². The van der Waals surface area contributed by atoms with Gasteiger partial charge in [0.15, 0.2) is 9.84 Å². The SMILES string of the molecule is CC(C)(Cl)S(=O)(=O)C1CCCCC1. The quantitative estimate of drug-likeness (QED) is 0.676. The summed E-state index contributed by atoms with van der Waals surface area (Å²) in [4.78, 5) is 0. The van der Waals surface area contributed by atoms with Gasteiger partial charge in [-0.25, -0.2) is 8.42 Å². The van der Waals surface area contributed by atoms with Gasteiger partial charge in [-0.05, 0) is 26.7 Å². The lowest BCUT2D eigenvalue weighted by Crippen LogP contribution is -2.36. The van der Waals surface area contributed by atoms with E-state index >= 15 is 0 Å². The second-order valence-electron chi connectivity index (χ2n) is 4.17. The topological polar surface area (TPSA) is 34.1 Å². The summed E-state index contributed by atoms with van der Waals surface area (Å²) in [5.41, 5.74) is 0. The molecule has 78 valence electrons. The number of halogens is 1. The highest BCUT2D eigenvalue weighted by Gasteiger charge is 2.39. The van der Waals surface area contributed by atoms with Gasteiger partial charge in [0.25, 0.3) is 0 Å². The predicted octanol–water partition coefficient (Wildman–Crippen LogP) is 2.71. The van der Waals surface area contributed by atoms with E-state index in [0.29, 0.717) is 0 Å². The van der Waals surface area contributed by atoms with Crippen molar-refractivity contribution in [1.29, 1.82) is 0 Å². The number of hydrogen-bond donors (Lipinski definition) is 0. The molecule has 0 aliphatic heterocycles. The van der Waals surface area contributed by atoms with Gasteiger partial charge >= 0.3 is 0 Å². The lowest BCUT2D eigenvalue weighted by molar-refractivity contribution is 0.477. The first-order chi connectivity index (χ1) is 5.86. The zero-order valence-electron chi connectivity index (χ0n) is 8.22. The summed E-state index contributed by atoms with van der Waals surface area (Å²) in [6, 6.07) is 0. The Kier molecular flexibility index (Phi) is 3.29. The van der Waals surface area contributed by atoms with Gasteiger partial charge in [0, 0.05) is 0 Å². The van der Waals surface area contributed by atoms with E-state index in [-0.39, 0.29) is 5.25 Å². The van der Waals surface area contributed by atoms with Crippen LogP contribution < -0.4 is 0 Å². The monoisotopic (exact) mass is 224 g/mol. The second kappa shape index (κ2) is 3.77. The molecule has 0 bridgehead atoms. The molecule has 0 radical (unpaired) electrons. The third-order valence-electron chi connectivity index (χ3n) is 2.67. The van der Waals surface area contributed by atoms with E-state index in [0.717, 1.165) is 32.1 Å². The first kappa shape index (κ1) is 11.3. The second-order valence-corrected chi connectivity index (χ2v) is 8.11. The summed E-state index contributed by atoms with van der Waals surface area (Å²) in [6.07, 6.45) is 4.79. The zero-order valence-corrected chi connectivity index (χ0v) is 9.79. The maximum absolute atomic E-state index is 11.9. The van der Waals surface area contributed by atoms with Crippen molar-refractivity contribution in [2.24, 2.45) is 0 Å². The maximum atomic E-state index is 11.9. The summed E-state index contributed by atoms with van der Waals surface area (Å²) in [7, 11) is -3.13. The smallest absolute Gasteiger partial charge is 0.172 e.